The lowest BCUT2D eigenvalue weighted by Gasteiger charge is -2.19. The highest BCUT2D eigenvalue weighted by Gasteiger charge is 2.16. The summed E-state index contributed by atoms with van der Waals surface area (Å²) in [6.07, 6.45) is 0.441. The van der Waals surface area contributed by atoms with Gasteiger partial charge < -0.3 is 11.1 Å². The quantitative estimate of drug-likeness (QED) is 0.804. The molecule has 0 radical (unpaired) electrons. The highest BCUT2D eigenvalue weighted by Crippen LogP contribution is 2.15. The Morgan fingerprint density at radius 2 is 2.26 bits per heavy atom. The molecule has 102 valence electrons. The molecular formula is C13H16FN3OS. The molecule has 1 aromatic rings. The van der Waals surface area contributed by atoms with Gasteiger partial charge in [-0.1, -0.05) is 24.4 Å². The van der Waals surface area contributed by atoms with Gasteiger partial charge in [0.1, 0.15) is 10.8 Å². The third-order valence-corrected chi connectivity index (χ3v) is 3.36. The van der Waals surface area contributed by atoms with E-state index in [4.69, 9.17) is 18.0 Å². The number of hydrogen-bond donors (Lipinski definition) is 2. The molecule has 2 rings (SSSR count). The van der Waals surface area contributed by atoms with Crippen LogP contribution in [0.4, 0.5) is 4.39 Å². The SMILES string of the molecule is NC(=S)c1cccc(CN2CCNC(=O)CC2)c1F. The van der Waals surface area contributed by atoms with Gasteiger partial charge in [0.15, 0.2) is 0 Å². The number of carbonyl (C=O) groups excluding carboxylic acids is 1. The van der Waals surface area contributed by atoms with Gasteiger partial charge in [-0.25, -0.2) is 4.39 Å². The molecule has 0 saturated carbocycles. The van der Waals surface area contributed by atoms with Gasteiger partial charge in [-0.2, -0.15) is 0 Å². The predicted octanol–water partition coefficient (Wildman–Crippen LogP) is 0.782. The van der Waals surface area contributed by atoms with Crippen molar-refractivity contribution in [2.24, 2.45) is 5.73 Å². The van der Waals surface area contributed by atoms with E-state index in [1.807, 2.05) is 4.90 Å². The lowest BCUT2D eigenvalue weighted by molar-refractivity contribution is -0.120. The maximum Gasteiger partial charge on any atom is 0.221 e. The van der Waals surface area contributed by atoms with E-state index in [0.717, 1.165) is 0 Å². The van der Waals surface area contributed by atoms with Crippen molar-refractivity contribution in [3.05, 3.63) is 35.1 Å². The Hall–Kier alpha value is -1.53. The Morgan fingerprint density at radius 3 is 3.00 bits per heavy atom. The monoisotopic (exact) mass is 281 g/mol. The van der Waals surface area contributed by atoms with E-state index in [0.29, 0.717) is 38.2 Å². The second-order valence-corrected chi connectivity index (χ2v) is 4.96. The molecular weight excluding hydrogens is 265 g/mol. The van der Waals surface area contributed by atoms with Crippen molar-refractivity contribution in [3.8, 4) is 0 Å². The first-order valence-corrected chi connectivity index (χ1v) is 6.55. The lowest BCUT2D eigenvalue weighted by Crippen LogP contribution is -2.28. The Kier molecular flexibility index (Phi) is 4.44. The van der Waals surface area contributed by atoms with Crippen LogP contribution in [0.2, 0.25) is 0 Å². The predicted molar refractivity (Wildman–Crippen MR) is 75.2 cm³/mol. The first kappa shape index (κ1) is 13.9. The molecule has 0 aliphatic carbocycles. The van der Waals surface area contributed by atoms with E-state index in [1.165, 1.54) is 0 Å². The molecule has 4 nitrogen and oxygen atoms in total. The normalized spacial score (nSPS) is 16.8. The van der Waals surface area contributed by atoms with Gasteiger partial charge in [-0.05, 0) is 6.07 Å². The molecule has 1 saturated heterocycles. The lowest BCUT2D eigenvalue weighted by atomic mass is 10.1. The van der Waals surface area contributed by atoms with Crippen LogP contribution in [0.1, 0.15) is 17.5 Å². The molecule has 1 aromatic carbocycles. The van der Waals surface area contributed by atoms with Crippen molar-refractivity contribution >= 4 is 23.1 Å². The number of nitrogens with zero attached hydrogens (tertiary/aromatic N) is 1. The van der Waals surface area contributed by atoms with E-state index in [9.17, 15) is 9.18 Å². The van der Waals surface area contributed by atoms with E-state index in [2.05, 4.69) is 5.32 Å². The summed E-state index contributed by atoms with van der Waals surface area (Å²) in [5.41, 5.74) is 6.31. The minimum atomic E-state index is -0.362. The fourth-order valence-corrected chi connectivity index (χ4v) is 2.26. The smallest absolute Gasteiger partial charge is 0.221 e. The Labute approximate surface area is 116 Å². The van der Waals surface area contributed by atoms with Gasteiger partial charge in [0.25, 0.3) is 0 Å². The second-order valence-electron chi connectivity index (χ2n) is 4.52. The van der Waals surface area contributed by atoms with E-state index >= 15 is 0 Å². The number of nitrogens with two attached hydrogens (primary N) is 1. The van der Waals surface area contributed by atoms with Crippen LogP contribution in [0.3, 0.4) is 0 Å². The number of benzene rings is 1. The standard InChI is InChI=1S/C13H16FN3OS/c14-12-9(2-1-3-10(12)13(15)19)8-17-6-4-11(18)16-5-7-17/h1-3H,4-8H2,(H2,15,19)(H,16,18). The molecule has 0 bridgehead atoms. The number of thiocarbonyl (C=S) groups is 1. The fraction of sp³-hybridized carbons (Fsp3) is 0.385. The number of nitrogens with one attached hydrogen (secondary N) is 1. The molecule has 1 heterocycles. The molecule has 0 spiro atoms. The third kappa shape index (κ3) is 3.48. The van der Waals surface area contributed by atoms with Crippen LogP contribution in [0.25, 0.3) is 0 Å². The Morgan fingerprint density at radius 1 is 1.47 bits per heavy atom. The van der Waals surface area contributed by atoms with Crippen molar-refractivity contribution in [3.63, 3.8) is 0 Å². The average molecular weight is 281 g/mol. The summed E-state index contributed by atoms with van der Waals surface area (Å²) >= 11 is 4.82. The average Bonchev–Trinajstić information content (AvgIpc) is 2.57. The topological polar surface area (TPSA) is 58.4 Å². The molecule has 3 N–H and O–H groups in total. The summed E-state index contributed by atoms with van der Waals surface area (Å²) in [5, 5.41) is 2.79. The molecule has 6 heteroatoms. The van der Waals surface area contributed by atoms with Crippen LogP contribution < -0.4 is 11.1 Å². The minimum absolute atomic E-state index is 0.0415. The largest absolute Gasteiger partial charge is 0.389 e. The number of carbonyl (C=O) groups is 1. The zero-order chi connectivity index (χ0) is 13.8. The minimum Gasteiger partial charge on any atom is -0.389 e. The van der Waals surface area contributed by atoms with Crippen molar-refractivity contribution in [1.82, 2.24) is 10.2 Å². The van der Waals surface area contributed by atoms with Gasteiger partial charge in [-0.3, -0.25) is 9.69 Å². The molecule has 0 unspecified atom stereocenters. The van der Waals surface area contributed by atoms with Crippen molar-refractivity contribution < 1.29 is 9.18 Å². The van der Waals surface area contributed by atoms with Gasteiger partial charge in [0.2, 0.25) is 5.91 Å². The van der Waals surface area contributed by atoms with Gasteiger partial charge in [-0.15, -0.1) is 0 Å². The number of rotatable bonds is 3. The highest BCUT2D eigenvalue weighted by atomic mass is 32.1. The molecule has 0 aromatic heterocycles. The molecule has 1 aliphatic heterocycles. The zero-order valence-electron chi connectivity index (χ0n) is 10.5. The van der Waals surface area contributed by atoms with Crippen LogP contribution in [0.15, 0.2) is 18.2 Å². The first-order chi connectivity index (χ1) is 9.08. The molecule has 1 aliphatic rings. The van der Waals surface area contributed by atoms with Crippen LogP contribution in [-0.2, 0) is 11.3 Å². The van der Waals surface area contributed by atoms with Crippen molar-refractivity contribution in [1.29, 1.82) is 0 Å². The Balaban J connectivity index is 2.12. The number of hydrogen-bond acceptors (Lipinski definition) is 3. The molecule has 19 heavy (non-hydrogen) atoms. The highest BCUT2D eigenvalue weighted by molar-refractivity contribution is 7.80. The summed E-state index contributed by atoms with van der Waals surface area (Å²) < 4.78 is 14.2. The molecule has 1 fully saturated rings. The first-order valence-electron chi connectivity index (χ1n) is 6.14. The van der Waals surface area contributed by atoms with Crippen LogP contribution in [0.5, 0.6) is 0 Å². The van der Waals surface area contributed by atoms with Crippen LogP contribution in [0, 0.1) is 5.82 Å². The summed E-state index contributed by atoms with van der Waals surface area (Å²) in [6, 6.07) is 5.04. The molecule has 1 amide bonds. The number of amides is 1. The summed E-state index contributed by atoms with van der Waals surface area (Å²) in [5.74, 6) is -0.321. The summed E-state index contributed by atoms with van der Waals surface area (Å²) in [7, 11) is 0. The van der Waals surface area contributed by atoms with E-state index in [-0.39, 0.29) is 22.3 Å². The number of halogens is 1. The summed E-state index contributed by atoms with van der Waals surface area (Å²) in [4.78, 5) is 13.3. The zero-order valence-corrected chi connectivity index (χ0v) is 11.3. The maximum atomic E-state index is 14.2. The van der Waals surface area contributed by atoms with Gasteiger partial charge in [0, 0.05) is 43.7 Å². The maximum absolute atomic E-state index is 14.2. The Bertz CT molecular complexity index is 507. The third-order valence-electron chi connectivity index (χ3n) is 3.14. The van der Waals surface area contributed by atoms with Gasteiger partial charge in [0.05, 0.1) is 0 Å². The second kappa shape index (κ2) is 6.08. The van der Waals surface area contributed by atoms with E-state index < -0.39 is 0 Å². The fourth-order valence-electron chi connectivity index (χ4n) is 2.10. The van der Waals surface area contributed by atoms with Crippen LogP contribution in [-0.4, -0.2) is 35.4 Å². The van der Waals surface area contributed by atoms with Crippen molar-refractivity contribution in [2.75, 3.05) is 19.6 Å². The van der Waals surface area contributed by atoms with E-state index in [1.54, 1.807) is 18.2 Å². The summed E-state index contributed by atoms with van der Waals surface area (Å²) in [6.45, 7) is 2.39. The van der Waals surface area contributed by atoms with Gasteiger partial charge >= 0.3 is 0 Å². The molecule has 0 atom stereocenters. The van der Waals surface area contributed by atoms with Crippen LogP contribution >= 0.6 is 12.2 Å². The van der Waals surface area contributed by atoms with Crippen molar-refractivity contribution in [2.45, 2.75) is 13.0 Å².